The molecule has 0 spiro atoms. The Labute approximate surface area is 182 Å². The van der Waals surface area contributed by atoms with E-state index in [9.17, 15) is 9.59 Å². The quantitative estimate of drug-likeness (QED) is 0.353. The summed E-state index contributed by atoms with van der Waals surface area (Å²) in [6.07, 6.45) is 1.54. The molecule has 0 bridgehead atoms. The van der Waals surface area contributed by atoms with Crippen LogP contribution in [0.25, 0.3) is 17.1 Å². The largest absolute Gasteiger partial charge is 0.450 e. The molecule has 7 nitrogen and oxygen atoms in total. The highest BCUT2D eigenvalue weighted by Gasteiger charge is 2.33. The minimum atomic E-state index is -0.444. The average Bonchev–Trinajstić information content (AvgIpc) is 3.44. The van der Waals surface area contributed by atoms with E-state index in [0.717, 1.165) is 22.2 Å². The van der Waals surface area contributed by atoms with E-state index in [0.29, 0.717) is 16.0 Å². The first-order chi connectivity index (χ1) is 15.0. The Kier molecular flexibility index (Phi) is 4.83. The molecule has 0 atom stereocenters. The van der Waals surface area contributed by atoms with Crippen molar-refractivity contribution in [3.8, 4) is 0 Å². The van der Waals surface area contributed by atoms with Crippen LogP contribution in [-0.4, -0.2) is 26.8 Å². The first-order valence-corrected chi connectivity index (χ1v) is 10.5. The summed E-state index contributed by atoms with van der Waals surface area (Å²) in [5, 5.41) is 3.96. The van der Waals surface area contributed by atoms with E-state index in [2.05, 4.69) is 15.3 Å². The number of rotatable bonds is 5. The molecule has 2 aromatic carbocycles. The summed E-state index contributed by atoms with van der Waals surface area (Å²) >= 11 is 1.35. The lowest BCUT2D eigenvalue weighted by molar-refractivity contribution is -0.123. The molecule has 3 heterocycles. The lowest BCUT2D eigenvalue weighted by atomic mass is 10.1. The molecule has 1 aliphatic rings. The van der Waals surface area contributed by atoms with E-state index in [-0.39, 0.29) is 18.1 Å². The molecule has 0 aliphatic carbocycles. The fraction of sp³-hybridized carbons (Fsp3) is 0.0870. The number of benzene rings is 2. The number of carbonyl (C=O) groups excluding carboxylic acids is 2. The molecule has 31 heavy (non-hydrogen) atoms. The van der Waals surface area contributed by atoms with Crippen LogP contribution in [-0.2, 0) is 11.3 Å². The Bertz CT molecular complexity index is 1290. The zero-order valence-electron chi connectivity index (χ0n) is 16.6. The molecule has 3 amide bonds. The first-order valence-electron chi connectivity index (χ1n) is 9.68. The Balaban J connectivity index is 1.30. The minimum Gasteiger partial charge on any atom is -0.450 e. The maximum atomic E-state index is 12.7. The SMILES string of the molecule is Cc1ccc(CN2C(=O)N/C(=C/c3ccc(Sc4nc5ccccc5[nH]4)o3)C2=O)cc1. The first kappa shape index (κ1) is 19.2. The van der Waals surface area contributed by atoms with Gasteiger partial charge in [-0.05, 0) is 48.5 Å². The van der Waals surface area contributed by atoms with Crippen LogP contribution >= 0.6 is 11.8 Å². The van der Waals surface area contributed by atoms with Crippen LogP contribution in [0, 0.1) is 6.92 Å². The molecule has 8 heteroatoms. The number of furan rings is 1. The van der Waals surface area contributed by atoms with E-state index >= 15 is 0 Å². The third-order valence-corrected chi connectivity index (χ3v) is 5.68. The van der Waals surface area contributed by atoms with Crippen LogP contribution in [0.15, 0.2) is 81.0 Å². The van der Waals surface area contributed by atoms with Gasteiger partial charge in [-0.15, -0.1) is 0 Å². The van der Waals surface area contributed by atoms with E-state index in [4.69, 9.17) is 4.42 Å². The Morgan fingerprint density at radius 3 is 2.68 bits per heavy atom. The molecule has 1 saturated heterocycles. The number of urea groups is 1. The number of nitrogens with zero attached hydrogens (tertiary/aromatic N) is 2. The van der Waals surface area contributed by atoms with Crippen LogP contribution in [0.4, 0.5) is 4.79 Å². The molecule has 0 radical (unpaired) electrons. The van der Waals surface area contributed by atoms with E-state index in [1.807, 2.05) is 55.5 Å². The molecule has 2 aromatic heterocycles. The van der Waals surface area contributed by atoms with Crippen molar-refractivity contribution in [3.63, 3.8) is 0 Å². The van der Waals surface area contributed by atoms with Crippen LogP contribution in [0.1, 0.15) is 16.9 Å². The van der Waals surface area contributed by atoms with Gasteiger partial charge in [0, 0.05) is 6.08 Å². The number of aryl methyl sites for hydroxylation is 1. The lowest BCUT2D eigenvalue weighted by Crippen LogP contribution is -2.30. The average molecular weight is 430 g/mol. The van der Waals surface area contributed by atoms with Gasteiger partial charge in [-0.2, -0.15) is 0 Å². The molecular weight excluding hydrogens is 412 g/mol. The number of nitrogens with one attached hydrogen (secondary N) is 2. The molecule has 4 aromatic rings. The molecule has 154 valence electrons. The summed E-state index contributed by atoms with van der Waals surface area (Å²) in [7, 11) is 0. The molecule has 0 unspecified atom stereocenters. The fourth-order valence-corrected chi connectivity index (χ4v) is 4.04. The van der Waals surface area contributed by atoms with Crippen LogP contribution in [0.5, 0.6) is 0 Å². The summed E-state index contributed by atoms with van der Waals surface area (Å²) in [6.45, 7) is 2.20. The van der Waals surface area contributed by atoms with Gasteiger partial charge in [0.25, 0.3) is 5.91 Å². The van der Waals surface area contributed by atoms with Crippen LogP contribution in [0.2, 0.25) is 0 Å². The standard InChI is InChI=1S/C23H18N4O3S/c1-14-6-8-15(9-7-14)13-27-21(28)19(26-23(27)29)12-16-10-11-20(30-16)31-22-24-17-4-2-3-5-18(17)25-22/h2-12H,13H2,1H3,(H,24,25)(H,26,29)/b19-12+. The number of fused-ring (bicyclic) bond motifs is 1. The van der Waals surface area contributed by atoms with Gasteiger partial charge in [0.15, 0.2) is 10.2 Å². The number of hydrogen-bond donors (Lipinski definition) is 2. The van der Waals surface area contributed by atoms with Crippen molar-refractivity contribution in [2.24, 2.45) is 0 Å². The molecule has 2 N–H and O–H groups in total. The van der Waals surface area contributed by atoms with Crippen molar-refractivity contribution in [1.29, 1.82) is 0 Å². The molecular formula is C23H18N4O3S. The Morgan fingerprint density at radius 1 is 1.06 bits per heavy atom. The topological polar surface area (TPSA) is 91.2 Å². The number of aromatic amines is 1. The number of aromatic nitrogens is 2. The van der Waals surface area contributed by atoms with Gasteiger partial charge in [-0.25, -0.2) is 9.78 Å². The second-order valence-corrected chi connectivity index (χ2v) is 8.18. The number of H-pyrrole nitrogens is 1. The minimum absolute atomic E-state index is 0.187. The number of hydrogen-bond acceptors (Lipinski definition) is 5. The number of imide groups is 1. The predicted molar refractivity (Wildman–Crippen MR) is 117 cm³/mol. The normalized spacial score (nSPS) is 15.3. The third kappa shape index (κ3) is 3.97. The van der Waals surface area contributed by atoms with Gasteiger partial charge in [0.1, 0.15) is 11.5 Å². The van der Waals surface area contributed by atoms with E-state index in [1.165, 1.54) is 22.7 Å². The van der Waals surface area contributed by atoms with Gasteiger partial charge in [0.2, 0.25) is 0 Å². The van der Waals surface area contributed by atoms with Crippen molar-refractivity contribution in [3.05, 3.63) is 83.2 Å². The van der Waals surface area contributed by atoms with Crippen LogP contribution < -0.4 is 5.32 Å². The van der Waals surface area contributed by atoms with Crippen LogP contribution in [0.3, 0.4) is 0 Å². The second-order valence-electron chi connectivity index (χ2n) is 7.18. The number of amides is 3. The summed E-state index contributed by atoms with van der Waals surface area (Å²) in [5.74, 6) is 0.0907. The van der Waals surface area contributed by atoms with Crippen molar-refractivity contribution >= 4 is 40.8 Å². The summed E-state index contributed by atoms with van der Waals surface area (Å²) < 4.78 is 5.80. The lowest BCUT2D eigenvalue weighted by Gasteiger charge is -2.11. The highest BCUT2D eigenvalue weighted by atomic mass is 32.2. The maximum Gasteiger partial charge on any atom is 0.329 e. The smallest absolute Gasteiger partial charge is 0.329 e. The van der Waals surface area contributed by atoms with Crippen molar-refractivity contribution in [2.45, 2.75) is 23.7 Å². The van der Waals surface area contributed by atoms with Crippen molar-refractivity contribution in [1.82, 2.24) is 20.2 Å². The van der Waals surface area contributed by atoms with Gasteiger partial charge in [0.05, 0.1) is 17.6 Å². The molecule has 1 aliphatic heterocycles. The zero-order chi connectivity index (χ0) is 21.4. The highest BCUT2D eigenvalue weighted by molar-refractivity contribution is 7.99. The highest BCUT2D eigenvalue weighted by Crippen LogP contribution is 2.29. The number of para-hydroxylation sites is 2. The predicted octanol–water partition coefficient (Wildman–Crippen LogP) is 4.71. The molecule has 1 fully saturated rings. The Hall–Kier alpha value is -3.78. The fourth-order valence-electron chi connectivity index (χ4n) is 3.27. The van der Waals surface area contributed by atoms with E-state index in [1.54, 1.807) is 12.1 Å². The van der Waals surface area contributed by atoms with Gasteiger partial charge in [-0.3, -0.25) is 9.69 Å². The third-order valence-electron chi connectivity index (χ3n) is 4.88. The van der Waals surface area contributed by atoms with Crippen molar-refractivity contribution < 1.29 is 14.0 Å². The zero-order valence-corrected chi connectivity index (χ0v) is 17.4. The Morgan fingerprint density at radius 2 is 1.87 bits per heavy atom. The van der Waals surface area contributed by atoms with Gasteiger partial charge >= 0.3 is 6.03 Å². The van der Waals surface area contributed by atoms with Gasteiger partial charge in [-0.1, -0.05) is 42.0 Å². The summed E-state index contributed by atoms with van der Waals surface area (Å²) in [6, 6.07) is 18.6. The second kappa shape index (κ2) is 7.81. The molecule has 0 saturated carbocycles. The van der Waals surface area contributed by atoms with E-state index < -0.39 is 6.03 Å². The summed E-state index contributed by atoms with van der Waals surface area (Å²) in [4.78, 5) is 33.9. The monoisotopic (exact) mass is 430 g/mol. The maximum absolute atomic E-state index is 12.7. The molecule has 5 rings (SSSR count). The number of imidazole rings is 1. The summed E-state index contributed by atoms with van der Waals surface area (Å²) in [5.41, 5.74) is 4.03. The van der Waals surface area contributed by atoms with Crippen molar-refractivity contribution in [2.75, 3.05) is 0 Å². The number of carbonyl (C=O) groups is 2. The van der Waals surface area contributed by atoms with Gasteiger partial charge < -0.3 is 14.7 Å².